The van der Waals surface area contributed by atoms with Crippen LogP contribution in [0.15, 0.2) is 4.99 Å². The summed E-state index contributed by atoms with van der Waals surface area (Å²) in [5, 5.41) is 6.39. The minimum Gasteiger partial charge on any atom is -0.357 e. The Bertz CT molecular complexity index is 471. The van der Waals surface area contributed by atoms with Crippen molar-refractivity contribution in [3.8, 4) is 0 Å². The van der Waals surface area contributed by atoms with E-state index in [1.807, 2.05) is 20.8 Å². The van der Waals surface area contributed by atoms with Crippen molar-refractivity contribution in [2.45, 2.75) is 53.4 Å². The number of guanidine groups is 1. The van der Waals surface area contributed by atoms with Crippen LogP contribution in [0.5, 0.6) is 0 Å². The maximum atomic E-state index is 11.9. The van der Waals surface area contributed by atoms with E-state index in [0.717, 1.165) is 31.5 Å². The van der Waals surface area contributed by atoms with E-state index in [-0.39, 0.29) is 35.3 Å². The molecule has 0 aromatic carbocycles. The molecule has 0 spiro atoms. The van der Waals surface area contributed by atoms with Crippen molar-refractivity contribution in [3.05, 3.63) is 0 Å². The predicted molar refractivity (Wildman–Crippen MR) is 124 cm³/mol. The summed E-state index contributed by atoms with van der Waals surface area (Å²) >= 11 is 0. The quantitative estimate of drug-likeness (QED) is 0.259. The van der Waals surface area contributed by atoms with E-state index in [1.165, 1.54) is 45.3 Å². The average molecular weight is 493 g/mol. The van der Waals surface area contributed by atoms with E-state index in [1.54, 1.807) is 0 Å². The summed E-state index contributed by atoms with van der Waals surface area (Å²) in [7, 11) is 0. The van der Waals surface area contributed by atoms with Gasteiger partial charge in [0.05, 0.1) is 6.54 Å². The minimum atomic E-state index is -0.342. The van der Waals surface area contributed by atoms with Gasteiger partial charge < -0.3 is 20.4 Å². The monoisotopic (exact) mass is 493 g/mol. The predicted octanol–water partition coefficient (Wildman–Crippen LogP) is 2.54. The molecular weight excluding hydrogens is 453 g/mol. The third-order valence-electron chi connectivity index (χ3n) is 5.23. The highest BCUT2D eigenvalue weighted by Crippen LogP contribution is 2.20. The Morgan fingerprint density at radius 1 is 1.11 bits per heavy atom. The van der Waals surface area contributed by atoms with Crippen LogP contribution in [-0.2, 0) is 4.79 Å². The van der Waals surface area contributed by atoms with Gasteiger partial charge in [0, 0.05) is 38.1 Å². The molecule has 2 rings (SSSR count). The van der Waals surface area contributed by atoms with Crippen LogP contribution < -0.4 is 10.6 Å². The van der Waals surface area contributed by atoms with Crippen molar-refractivity contribution in [1.82, 2.24) is 20.4 Å². The Hall–Kier alpha value is -0.570. The molecule has 2 heterocycles. The number of carbonyl (C=O) groups is 1. The smallest absolute Gasteiger partial charge is 0.225 e. The molecule has 0 aromatic heterocycles. The molecule has 6 nitrogen and oxygen atoms in total. The molecule has 27 heavy (non-hydrogen) atoms. The number of likely N-dealkylation sites (tertiary alicyclic amines) is 2. The lowest BCUT2D eigenvalue weighted by molar-refractivity contribution is -0.128. The number of nitrogens with zero attached hydrogens (tertiary/aromatic N) is 3. The zero-order valence-electron chi connectivity index (χ0n) is 17.7. The van der Waals surface area contributed by atoms with Crippen LogP contribution in [0, 0.1) is 11.3 Å². The van der Waals surface area contributed by atoms with Crippen molar-refractivity contribution in [2.24, 2.45) is 16.3 Å². The number of halogens is 1. The van der Waals surface area contributed by atoms with Crippen LogP contribution in [0.2, 0.25) is 0 Å². The molecule has 2 aliphatic rings. The van der Waals surface area contributed by atoms with Gasteiger partial charge in [-0.25, -0.2) is 0 Å². The lowest BCUT2D eigenvalue weighted by atomic mass is 9.96. The lowest BCUT2D eigenvalue weighted by Crippen LogP contribution is -2.42. The number of aliphatic imine (C=N–C) groups is 1. The van der Waals surface area contributed by atoms with E-state index in [0.29, 0.717) is 13.1 Å². The van der Waals surface area contributed by atoms with E-state index in [4.69, 9.17) is 4.99 Å². The number of piperidine rings is 1. The van der Waals surface area contributed by atoms with Gasteiger partial charge in [0.1, 0.15) is 0 Å². The molecular formula is C20H40IN5O. The number of amides is 1. The Morgan fingerprint density at radius 3 is 2.44 bits per heavy atom. The van der Waals surface area contributed by atoms with Crippen LogP contribution in [-0.4, -0.2) is 74.0 Å². The molecule has 0 saturated carbocycles. The van der Waals surface area contributed by atoms with Crippen LogP contribution in [0.3, 0.4) is 0 Å². The molecule has 1 amide bonds. The van der Waals surface area contributed by atoms with E-state index in [2.05, 4.69) is 27.4 Å². The summed E-state index contributed by atoms with van der Waals surface area (Å²) in [6, 6.07) is 0. The summed E-state index contributed by atoms with van der Waals surface area (Å²) in [6.07, 6.45) is 5.37. The second-order valence-corrected chi connectivity index (χ2v) is 8.70. The average Bonchev–Trinajstić information content (AvgIpc) is 3.05. The Labute approximate surface area is 182 Å². The SMILES string of the molecule is CCNC(=NCCNC(=O)C(C)(C)C)N1CCC(CN2CCCCC2)C1.I. The first-order valence-corrected chi connectivity index (χ1v) is 10.4. The number of nitrogens with one attached hydrogen (secondary N) is 2. The Morgan fingerprint density at radius 2 is 1.81 bits per heavy atom. The van der Waals surface area contributed by atoms with Crippen molar-refractivity contribution in [3.63, 3.8) is 0 Å². The molecule has 2 N–H and O–H groups in total. The normalized spacial score (nSPS) is 21.7. The third-order valence-corrected chi connectivity index (χ3v) is 5.23. The first-order chi connectivity index (χ1) is 12.4. The molecule has 0 aliphatic carbocycles. The third kappa shape index (κ3) is 8.54. The van der Waals surface area contributed by atoms with Gasteiger partial charge in [-0.1, -0.05) is 27.2 Å². The topological polar surface area (TPSA) is 60.0 Å². The van der Waals surface area contributed by atoms with Gasteiger partial charge >= 0.3 is 0 Å². The van der Waals surface area contributed by atoms with Gasteiger partial charge in [-0.15, -0.1) is 24.0 Å². The van der Waals surface area contributed by atoms with Crippen LogP contribution in [0.25, 0.3) is 0 Å². The van der Waals surface area contributed by atoms with Crippen LogP contribution >= 0.6 is 24.0 Å². The fraction of sp³-hybridized carbons (Fsp3) is 0.900. The fourth-order valence-electron chi connectivity index (χ4n) is 3.70. The van der Waals surface area contributed by atoms with Gasteiger partial charge in [0.15, 0.2) is 5.96 Å². The second-order valence-electron chi connectivity index (χ2n) is 8.70. The molecule has 2 aliphatic heterocycles. The van der Waals surface area contributed by atoms with Crippen molar-refractivity contribution in [2.75, 3.05) is 52.4 Å². The van der Waals surface area contributed by atoms with Crippen molar-refractivity contribution >= 4 is 35.8 Å². The highest BCUT2D eigenvalue weighted by atomic mass is 127. The molecule has 2 saturated heterocycles. The molecule has 0 radical (unpaired) electrons. The van der Waals surface area contributed by atoms with Crippen LogP contribution in [0.4, 0.5) is 0 Å². The summed E-state index contributed by atoms with van der Waals surface area (Å²) in [5.74, 6) is 1.83. The van der Waals surface area contributed by atoms with Gasteiger partial charge in [-0.05, 0) is 45.2 Å². The first-order valence-electron chi connectivity index (χ1n) is 10.4. The first kappa shape index (κ1) is 24.5. The Kier molecular flexibility index (Phi) is 11.0. The maximum Gasteiger partial charge on any atom is 0.225 e. The number of hydrogen-bond acceptors (Lipinski definition) is 3. The standard InChI is InChI=1S/C20H39N5O.HI/c1-5-21-19(23-11-10-22-18(26)20(2,3)4)25-14-9-17(16-25)15-24-12-7-6-8-13-24;/h17H,5-16H2,1-4H3,(H,21,23)(H,22,26);1H. The van der Waals surface area contributed by atoms with Gasteiger partial charge in [0.25, 0.3) is 0 Å². The summed E-state index contributed by atoms with van der Waals surface area (Å²) in [6.45, 7) is 16.0. The van der Waals surface area contributed by atoms with Crippen molar-refractivity contribution < 1.29 is 4.79 Å². The zero-order chi connectivity index (χ0) is 19.0. The highest BCUT2D eigenvalue weighted by molar-refractivity contribution is 14.0. The molecule has 158 valence electrons. The zero-order valence-corrected chi connectivity index (χ0v) is 20.1. The highest BCUT2D eigenvalue weighted by Gasteiger charge is 2.27. The number of carbonyl (C=O) groups excluding carboxylic acids is 1. The van der Waals surface area contributed by atoms with Gasteiger partial charge in [0.2, 0.25) is 5.91 Å². The molecule has 7 heteroatoms. The molecule has 1 atom stereocenters. The van der Waals surface area contributed by atoms with Crippen molar-refractivity contribution in [1.29, 1.82) is 0 Å². The van der Waals surface area contributed by atoms with Gasteiger partial charge in [-0.3, -0.25) is 9.79 Å². The van der Waals surface area contributed by atoms with E-state index in [9.17, 15) is 4.79 Å². The summed E-state index contributed by atoms with van der Waals surface area (Å²) in [4.78, 5) is 21.7. The second kappa shape index (κ2) is 12.1. The molecule has 1 unspecified atom stereocenters. The minimum absolute atomic E-state index is 0. The van der Waals surface area contributed by atoms with Crippen LogP contribution in [0.1, 0.15) is 53.4 Å². The molecule has 0 aromatic rings. The molecule has 0 bridgehead atoms. The summed E-state index contributed by atoms with van der Waals surface area (Å²) in [5.41, 5.74) is -0.342. The largest absolute Gasteiger partial charge is 0.357 e. The Balaban J connectivity index is 0.00000364. The summed E-state index contributed by atoms with van der Waals surface area (Å²) < 4.78 is 0. The lowest BCUT2D eigenvalue weighted by Gasteiger charge is -2.29. The van der Waals surface area contributed by atoms with Gasteiger partial charge in [-0.2, -0.15) is 0 Å². The number of hydrogen-bond donors (Lipinski definition) is 2. The maximum absolute atomic E-state index is 11.9. The van der Waals surface area contributed by atoms with E-state index >= 15 is 0 Å². The fourth-order valence-corrected chi connectivity index (χ4v) is 3.70. The number of rotatable bonds is 6. The molecule has 2 fully saturated rings. The van der Waals surface area contributed by atoms with E-state index < -0.39 is 0 Å².